The summed E-state index contributed by atoms with van der Waals surface area (Å²) < 4.78 is 5.15. The van der Waals surface area contributed by atoms with Gasteiger partial charge in [0.15, 0.2) is 0 Å². The van der Waals surface area contributed by atoms with Gasteiger partial charge in [-0.25, -0.2) is 4.98 Å². The molecule has 0 radical (unpaired) electrons. The standard InChI is InChI=1S/C16H17ClN2O2/c1-3-19(11-12-7-5-4-6-8-12)16(20)14-9-13(17)10-18-15(14)21-2/h4-10H,3,11H2,1-2H3. The van der Waals surface area contributed by atoms with Crippen molar-refractivity contribution in [2.45, 2.75) is 13.5 Å². The van der Waals surface area contributed by atoms with Crippen molar-refractivity contribution in [2.24, 2.45) is 0 Å². The zero-order valence-corrected chi connectivity index (χ0v) is 12.8. The van der Waals surface area contributed by atoms with E-state index in [1.165, 1.54) is 13.3 Å². The van der Waals surface area contributed by atoms with E-state index in [1.54, 1.807) is 11.0 Å². The molecule has 0 unspecified atom stereocenters. The number of carbonyl (C=O) groups excluding carboxylic acids is 1. The number of ether oxygens (including phenoxy) is 1. The van der Waals surface area contributed by atoms with Gasteiger partial charge in [0, 0.05) is 19.3 Å². The molecule has 1 aromatic heterocycles. The number of hydrogen-bond donors (Lipinski definition) is 0. The van der Waals surface area contributed by atoms with Crippen LogP contribution in [-0.2, 0) is 6.54 Å². The van der Waals surface area contributed by atoms with Gasteiger partial charge in [0.05, 0.1) is 12.1 Å². The third-order valence-electron chi connectivity index (χ3n) is 3.13. The Hall–Kier alpha value is -2.07. The van der Waals surface area contributed by atoms with Crippen molar-refractivity contribution in [3.05, 3.63) is 58.7 Å². The lowest BCUT2D eigenvalue weighted by Crippen LogP contribution is -2.30. The molecule has 1 amide bonds. The van der Waals surface area contributed by atoms with E-state index in [0.29, 0.717) is 23.7 Å². The Bertz CT molecular complexity index is 617. The molecule has 5 heteroatoms. The third kappa shape index (κ3) is 3.73. The molecule has 0 N–H and O–H groups in total. The van der Waals surface area contributed by atoms with Crippen molar-refractivity contribution in [1.29, 1.82) is 0 Å². The number of pyridine rings is 1. The first-order valence-corrected chi connectivity index (χ1v) is 7.06. The second-order valence-electron chi connectivity index (χ2n) is 4.52. The highest BCUT2D eigenvalue weighted by Gasteiger charge is 2.20. The first-order chi connectivity index (χ1) is 10.2. The van der Waals surface area contributed by atoms with Gasteiger partial charge in [-0.05, 0) is 18.6 Å². The zero-order valence-electron chi connectivity index (χ0n) is 12.0. The largest absolute Gasteiger partial charge is 0.480 e. The van der Waals surface area contributed by atoms with Crippen LogP contribution in [0, 0.1) is 0 Å². The number of hydrogen-bond acceptors (Lipinski definition) is 3. The first kappa shape index (κ1) is 15.3. The summed E-state index contributed by atoms with van der Waals surface area (Å²) in [6.07, 6.45) is 1.46. The molecule has 0 atom stereocenters. The number of aromatic nitrogens is 1. The molecule has 2 aromatic rings. The lowest BCUT2D eigenvalue weighted by molar-refractivity contribution is 0.0748. The Balaban J connectivity index is 2.26. The highest BCUT2D eigenvalue weighted by molar-refractivity contribution is 6.30. The summed E-state index contributed by atoms with van der Waals surface area (Å²) in [5.74, 6) is 0.143. The Labute approximate surface area is 129 Å². The van der Waals surface area contributed by atoms with Crippen LogP contribution in [0.2, 0.25) is 5.02 Å². The molecular weight excluding hydrogens is 288 g/mol. The van der Waals surface area contributed by atoms with Crippen LogP contribution in [0.5, 0.6) is 5.88 Å². The van der Waals surface area contributed by atoms with Crippen LogP contribution < -0.4 is 4.74 Å². The molecule has 1 aromatic carbocycles. The Morgan fingerprint density at radius 3 is 2.67 bits per heavy atom. The minimum Gasteiger partial charge on any atom is -0.480 e. The van der Waals surface area contributed by atoms with Gasteiger partial charge >= 0.3 is 0 Å². The minimum atomic E-state index is -0.145. The smallest absolute Gasteiger partial charge is 0.259 e. The molecule has 0 bridgehead atoms. The van der Waals surface area contributed by atoms with Crippen LogP contribution in [0.3, 0.4) is 0 Å². The highest BCUT2D eigenvalue weighted by atomic mass is 35.5. The van der Waals surface area contributed by atoms with Gasteiger partial charge in [0.25, 0.3) is 5.91 Å². The van der Waals surface area contributed by atoms with Crippen molar-refractivity contribution in [3.63, 3.8) is 0 Å². The molecule has 0 fully saturated rings. The number of amides is 1. The van der Waals surface area contributed by atoms with E-state index in [1.807, 2.05) is 37.3 Å². The van der Waals surface area contributed by atoms with E-state index in [2.05, 4.69) is 4.98 Å². The van der Waals surface area contributed by atoms with Gasteiger partial charge < -0.3 is 9.64 Å². The molecule has 110 valence electrons. The van der Waals surface area contributed by atoms with E-state index in [4.69, 9.17) is 16.3 Å². The third-order valence-corrected chi connectivity index (χ3v) is 3.33. The normalized spacial score (nSPS) is 10.2. The summed E-state index contributed by atoms with van der Waals surface area (Å²) in [7, 11) is 1.49. The number of nitrogens with zero attached hydrogens (tertiary/aromatic N) is 2. The molecule has 2 rings (SSSR count). The molecule has 21 heavy (non-hydrogen) atoms. The number of benzene rings is 1. The van der Waals surface area contributed by atoms with Crippen LogP contribution in [0.15, 0.2) is 42.6 Å². The predicted octanol–water partition coefficient (Wildman–Crippen LogP) is 3.41. The summed E-state index contributed by atoms with van der Waals surface area (Å²) in [4.78, 5) is 18.4. The lowest BCUT2D eigenvalue weighted by atomic mass is 10.2. The minimum absolute atomic E-state index is 0.145. The second kappa shape index (κ2) is 7.09. The maximum Gasteiger partial charge on any atom is 0.259 e. The van der Waals surface area contributed by atoms with Gasteiger partial charge in [0.1, 0.15) is 5.56 Å². The van der Waals surface area contributed by atoms with Gasteiger partial charge in [-0.15, -0.1) is 0 Å². The fourth-order valence-electron chi connectivity index (χ4n) is 2.04. The molecule has 0 aliphatic rings. The number of halogens is 1. The monoisotopic (exact) mass is 304 g/mol. The van der Waals surface area contributed by atoms with Gasteiger partial charge in [-0.3, -0.25) is 4.79 Å². The number of methoxy groups -OCH3 is 1. The Morgan fingerprint density at radius 1 is 1.33 bits per heavy atom. The van der Waals surface area contributed by atoms with E-state index < -0.39 is 0 Å². The summed E-state index contributed by atoms with van der Waals surface area (Å²) >= 11 is 5.94. The van der Waals surface area contributed by atoms with Crippen LogP contribution in [0.1, 0.15) is 22.8 Å². The Kier molecular flexibility index (Phi) is 5.17. The van der Waals surface area contributed by atoms with E-state index in [9.17, 15) is 4.79 Å². The van der Waals surface area contributed by atoms with E-state index in [-0.39, 0.29) is 11.8 Å². The SMILES string of the molecule is CCN(Cc1ccccc1)C(=O)c1cc(Cl)cnc1OC. The summed E-state index contributed by atoms with van der Waals surface area (Å²) in [5.41, 5.74) is 1.45. The van der Waals surface area contributed by atoms with E-state index >= 15 is 0 Å². The maximum atomic E-state index is 12.7. The second-order valence-corrected chi connectivity index (χ2v) is 4.95. The zero-order chi connectivity index (χ0) is 15.2. The molecule has 0 aliphatic carbocycles. The topological polar surface area (TPSA) is 42.4 Å². The van der Waals surface area contributed by atoms with Crippen LogP contribution in [0.4, 0.5) is 0 Å². The lowest BCUT2D eigenvalue weighted by Gasteiger charge is -2.21. The van der Waals surface area contributed by atoms with Crippen molar-refractivity contribution in [1.82, 2.24) is 9.88 Å². The molecule has 0 aliphatic heterocycles. The van der Waals surface area contributed by atoms with Gasteiger partial charge in [-0.1, -0.05) is 41.9 Å². The quantitative estimate of drug-likeness (QED) is 0.850. The Morgan fingerprint density at radius 2 is 2.05 bits per heavy atom. The summed E-state index contributed by atoms with van der Waals surface area (Å²) in [6.45, 7) is 3.06. The average molecular weight is 305 g/mol. The van der Waals surface area contributed by atoms with Gasteiger partial charge in [0.2, 0.25) is 5.88 Å². The molecule has 4 nitrogen and oxygen atoms in total. The van der Waals surface area contributed by atoms with Crippen molar-refractivity contribution < 1.29 is 9.53 Å². The molecule has 0 spiro atoms. The first-order valence-electron chi connectivity index (χ1n) is 6.68. The van der Waals surface area contributed by atoms with Gasteiger partial charge in [-0.2, -0.15) is 0 Å². The van der Waals surface area contributed by atoms with Crippen molar-refractivity contribution >= 4 is 17.5 Å². The predicted molar refractivity (Wildman–Crippen MR) is 82.7 cm³/mol. The van der Waals surface area contributed by atoms with Crippen LogP contribution in [-0.4, -0.2) is 29.4 Å². The van der Waals surface area contributed by atoms with Crippen LogP contribution >= 0.6 is 11.6 Å². The summed E-state index contributed by atoms with van der Waals surface area (Å²) in [5, 5.41) is 0.412. The maximum absolute atomic E-state index is 12.7. The van der Waals surface area contributed by atoms with Crippen molar-refractivity contribution in [3.8, 4) is 5.88 Å². The van der Waals surface area contributed by atoms with Crippen molar-refractivity contribution in [2.75, 3.05) is 13.7 Å². The fraction of sp³-hybridized carbons (Fsp3) is 0.250. The summed E-state index contributed by atoms with van der Waals surface area (Å²) in [6, 6.07) is 11.4. The molecule has 1 heterocycles. The molecule has 0 saturated heterocycles. The molecule has 0 saturated carbocycles. The average Bonchev–Trinajstić information content (AvgIpc) is 2.53. The number of carbonyl (C=O) groups is 1. The highest BCUT2D eigenvalue weighted by Crippen LogP contribution is 2.21. The number of rotatable bonds is 5. The fourth-order valence-corrected chi connectivity index (χ4v) is 2.20. The van der Waals surface area contributed by atoms with E-state index in [0.717, 1.165) is 5.56 Å². The van der Waals surface area contributed by atoms with Crippen LogP contribution in [0.25, 0.3) is 0 Å². The molecular formula is C16H17ClN2O2.